The lowest BCUT2D eigenvalue weighted by atomic mass is 10.2. The number of esters is 1. The van der Waals surface area contributed by atoms with Gasteiger partial charge in [-0.25, -0.2) is 30.3 Å². The predicted octanol–water partition coefficient (Wildman–Crippen LogP) is -0.286. The van der Waals surface area contributed by atoms with Crippen LogP contribution in [0.15, 0.2) is 12.7 Å². The number of ether oxygens (including phenoxy) is 4. The van der Waals surface area contributed by atoms with Gasteiger partial charge in [-0.3, -0.25) is 13.9 Å². The maximum absolute atomic E-state index is 12.3. The summed E-state index contributed by atoms with van der Waals surface area (Å²) in [5.41, 5.74) is 10.1. The molecule has 196 valence electrons. The van der Waals surface area contributed by atoms with Gasteiger partial charge in [0, 0.05) is 19.6 Å². The summed E-state index contributed by atoms with van der Waals surface area (Å²) in [6, 6.07) is 0. The molecule has 2 aromatic rings. The number of fused-ring (bicyclic) bond motifs is 1. The number of carbonyl (C=O) groups excluding carboxylic acids is 1. The van der Waals surface area contributed by atoms with Gasteiger partial charge < -0.3 is 34.1 Å². The molecule has 16 nitrogen and oxygen atoms in total. The third-order valence-corrected chi connectivity index (χ3v) is 6.35. The summed E-state index contributed by atoms with van der Waals surface area (Å²) in [6.45, 7) is 3.08. The number of aromatic nitrogens is 4. The summed E-state index contributed by atoms with van der Waals surface area (Å²) in [5, 5.41) is 2.66. The van der Waals surface area contributed by atoms with Crippen LogP contribution in [0.4, 0.5) is 5.82 Å². The van der Waals surface area contributed by atoms with E-state index in [1.165, 1.54) is 12.7 Å². The Kier molecular flexibility index (Phi) is 9.32. The molecular formula is C17H29N7O9P2. The second-order valence-corrected chi connectivity index (χ2v) is 9.68. The molecule has 3 heterocycles. The highest BCUT2D eigenvalue weighted by atomic mass is 31.2. The number of rotatable bonds is 13. The molecule has 0 aliphatic carbocycles. The van der Waals surface area contributed by atoms with E-state index in [1.54, 1.807) is 18.4 Å². The van der Waals surface area contributed by atoms with Crippen LogP contribution in [0.3, 0.4) is 0 Å². The van der Waals surface area contributed by atoms with Gasteiger partial charge in [-0.2, -0.15) is 0 Å². The van der Waals surface area contributed by atoms with Crippen molar-refractivity contribution in [2.45, 2.75) is 44.4 Å². The highest BCUT2D eigenvalue weighted by molar-refractivity contribution is 7.50. The zero-order chi connectivity index (χ0) is 25.6. The van der Waals surface area contributed by atoms with Crippen LogP contribution in [0.25, 0.3) is 11.2 Å². The third-order valence-electron chi connectivity index (χ3n) is 4.92. The number of hydrogen-bond donors (Lipinski definition) is 4. The van der Waals surface area contributed by atoms with Crippen LogP contribution in [0.2, 0.25) is 0 Å². The first-order valence-electron chi connectivity index (χ1n) is 10.6. The standard InChI is InChI=1S/C17H29N7O9P2/c1-3-30-17(34-26,31-4-2)23-6-13(25)29-7-11-10(33-35(19,27)28)5-12(32-11)24-9-22-14-15(18)20-8-21-16(14)24/h8-12,23H,3-7,34H2,1-2H3,(H2,18,20,21)(H3,19,27,28)/t10-,11+,12+/m0/s1. The van der Waals surface area contributed by atoms with Gasteiger partial charge in [-0.1, -0.05) is 0 Å². The van der Waals surface area contributed by atoms with Crippen LogP contribution in [0.5, 0.6) is 0 Å². The fourth-order valence-corrected chi connectivity index (χ4v) is 4.78. The minimum atomic E-state index is -4.38. The highest BCUT2D eigenvalue weighted by Crippen LogP contribution is 2.41. The summed E-state index contributed by atoms with van der Waals surface area (Å²) in [6.07, 6.45) is 0.104. The summed E-state index contributed by atoms with van der Waals surface area (Å²) >= 11 is 0. The van der Waals surface area contributed by atoms with E-state index in [0.29, 0.717) is 11.2 Å². The zero-order valence-corrected chi connectivity index (χ0v) is 21.2. The highest BCUT2D eigenvalue weighted by Gasteiger charge is 2.41. The van der Waals surface area contributed by atoms with Crippen molar-refractivity contribution >= 4 is 39.2 Å². The largest absolute Gasteiger partial charge is 0.462 e. The van der Waals surface area contributed by atoms with Crippen LogP contribution < -0.4 is 16.6 Å². The lowest BCUT2D eigenvalue weighted by Gasteiger charge is -2.28. The van der Waals surface area contributed by atoms with Gasteiger partial charge in [0.05, 0.1) is 12.9 Å². The number of nitrogens with zero attached hydrogens (tertiary/aromatic N) is 4. The number of nitrogen functional groups attached to an aromatic ring is 1. The van der Waals surface area contributed by atoms with Gasteiger partial charge >= 0.3 is 13.7 Å². The molecule has 0 amide bonds. The average molecular weight is 537 g/mol. The molecule has 18 heteroatoms. The fraction of sp³-hybridized carbons (Fsp3) is 0.647. The van der Waals surface area contributed by atoms with Gasteiger partial charge in [-0.15, -0.1) is 0 Å². The average Bonchev–Trinajstić information content (AvgIpc) is 3.40. The Balaban J connectivity index is 1.67. The maximum Gasteiger partial charge on any atom is 0.400 e. The monoisotopic (exact) mass is 537 g/mol. The molecule has 0 aromatic carbocycles. The number of nitrogens with one attached hydrogen (secondary N) is 1. The van der Waals surface area contributed by atoms with Crippen molar-refractivity contribution in [3.63, 3.8) is 0 Å². The van der Waals surface area contributed by atoms with Crippen molar-refractivity contribution < 1.29 is 42.3 Å². The van der Waals surface area contributed by atoms with Crippen molar-refractivity contribution in [3.8, 4) is 0 Å². The van der Waals surface area contributed by atoms with Crippen LogP contribution >= 0.6 is 16.2 Å². The molecule has 1 aliphatic rings. The zero-order valence-electron chi connectivity index (χ0n) is 19.1. The van der Waals surface area contributed by atoms with Crippen LogP contribution in [0.1, 0.15) is 26.5 Å². The van der Waals surface area contributed by atoms with Crippen molar-refractivity contribution in [1.82, 2.24) is 24.8 Å². The summed E-state index contributed by atoms with van der Waals surface area (Å²) < 4.78 is 51.9. The van der Waals surface area contributed by atoms with Crippen molar-refractivity contribution in [3.05, 3.63) is 12.7 Å². The van der Waals surface area contributed by atoms with E-state index in [2.05, 4.69) is 20.3 Å². The van der Waals surface area contributed by atoms with Crippen molar-refractivity contribution in [1.29, 1.82) is 0 Å². The molecule has 3 rings (SSSR count). The Morgan fingerprint density at radius 1 is 1.37 bits per heavy atom. The van der Waals surface area contributed by atoms with E-state index < -0.39 is 46.3 Å². The predicted molar refractivity (Wildman–Crippen MR) is 122 cm³/mol. The Morgan fingerprint density at radius 3 is 2.71 bits per heavy atom. The first-order chi connectivity index (χ1) is 16.6. The molecule has 35 heavy (non-hydrogen) atoms. The molecule has 5 atom stereocenters. The molecular weight excluding hydrogens is 508 g/mol. The number of anilines is 1. The molecule has 0 spiro atoms. The first kappa shape index (κ1) is 27.6. The molecule has 1 aliphatic heterocycles. The van der Waals surface area contributed by atoms with Crippen molar-refractivity contribution in [2.75, 3.05) is 32.1 Å². The Morgan fingerprint density at radius 2 is 2.09 bits per heavy atom. The molecule has 1 fully saturated rings. The number of nitrogens with two attached hydrogens (primary N) is 2. The molecule has 0 bridgehead atoms. The second kappa shape index (κ2) is 11.8. The van der Waals surface area contributed by atoms with E-state index in [0.717, 1.165) is 0 Å². The molecule has 2 aromatic heterocycles. The number of hydrogen-bond acceptors (Lipinski definition) is 13. The summed E-state index contributed by atoms with van der Waals surface area (Å²) in [4.78, 5) is 34.0. The van der Waals surface area contributed by atoms with Gasteiger partial charge in [0.15, 0.2) is 11.5 Å². The summed E-state index contributed by atoms with van der Waals surface area (Å²) in [5.74, 6) is -0.560. The molecule has 2 unspecified atom stereocenters. The van der Waals surface area contributed by atoms with Gasteiger partial charge in [0.2, 0.25) is 0 Å². The molecule has 0 radical (unpaired) electrons. The Hall–Kier alpha value is -2.00. The number of carbonyl (C=O) groups is 1. The van der Waals surface area contributed by atoms with Crippen molar-refractivity contribution in [2.24, 2.45) is 5.50 Å². The van der Waals surface area contributed by atoms with Crippen LogP contribution in [0, 0.1) is 0 Å². The molecule has 6 N–H and O–H groups in total. The lowest BCUT2D eigenvalue weighted by Crippen LogP contribution is -2.48. The van der Waals surface area contributed by atoms with Crippen LogP contribution in [-0.2, 0) is 37.4 Å². The van der Waals surface area contributed by atoms with E-state index in [4.69, 9.17) is 34.7 Å². The lowest BCUT2D eigenvalue weighted by molar-refractivity contribution is -0.192. The smallest absolute Gasteiger partial charge is 0.400 e. The van der Waals surface area contributed by atoms with Gasteiger partial charge in [0.1, 0.15) is 45.3 Å². The Labute approximate surface area is 201 Å². The molecule has 0 saturated carbocycles. The fourth-order valence-electron chi connectivity index (χ4n) is 3.51. The van der Waals surface area contributed by atoms with E-state index in [1.807, 2.05) is 0 Å². The first-order valence-corrected chi connectivity index (χ1v) is 13.3. The third kappa shape index (κ3) is 7.03. The normalized spacial score (nSPS) is 22.7. The van der Waals surface area contributed by atoms with Crippen LogP contribution in [-0.4, -0.2) is 74.6 Å². The van der Waals surface area contributed by atoms with Gasteiger partial charge in [0.25, 0.3) is 5.65 Å². The Bertz CT molecular complexity index is 1080. The quantitative estimate of drug-likeness (QED) is 0.146. The minimum Gasteiger partial charge on any atom is -0.462 e. The van der Waals surface area contributed by atoms with E-state index in [9.17, 15) is 18.8 Å². The van der Waals surface area contributed by atoms with E-state index >= 15 is 0 Å². The molecule has 1 saturated heterocycles. The SMILES string of the molecule is CCOC(NCC(=O)OC[C@H]1O[C@@H](n2cnc3c(N)ncnc32)C[C@@H]1OP(N)(=O)O)(OCC)[PH2]=O. The topological polar surface area (TPSA) is 225 Å². The number of imidazole rings is 1. The van der Waals surface area contributed by atoms with E-state index in [-0.39, 0.29) is 38.6 Å². The second-order valence-electron chi connectivity index (χ2n) is 7.34. The van der Waals surface area contributed by atoms with Gasteiger partial charge in [-0.05, 0) is 13.8 Å². The maximum atomic E-state index is 12.3. The minimum absolute atomic E-state index is 0.0783. The summed E-state index contributed by atoms with van der Waals surface area (Å²) in [7, 11) is -5.96.